The summed E-state index contributed by atoms with van der Waals surface area (Å²) in [5.41, 5.74) is 2.33. The van der Waals surface area contributed by atoms with Gasteiger partial charge in [0.25, 0.3) is 0 Å². The van der Waals surface area contributed by atoms with Crippen molar-refractivity contribution in [2.24, 2.45) is 0 Å². The fourth-order valence-electron chi connectivity index (χ4n) is 3.86. The standard InChI is InChI=1S/C19H27N5O/c1-25-13-12-22-8-10-23(11-9-22)16-4-5-18-17(14-16)19(21-15-20-18)24-6-2-3-7-24/h4-5,14-15H,2-3,6-13H2,1H3. The second-order valence-electron chi connectivity index (χ2n) is 6.91. The first-order valence-corrected chi connectivity index (χ1v) is 9.31. The number of hydrogen-bond acceptors (Lipinski definition) is 6. The lowest BCUT2D eigenvalue weighted by Crippen LogP contribution is -2.47. The Kier molecular flexibility index (Phi) is 4.99. The van der Waals surface area contributed by atoms with Crippen molar-refractivity contribution in [2.75, 3.05) is 69.3 Å². The molecular formula is C19H27N5O. The molecule has 1 aromatic heterocycles. The van der Waals surface area contributed by atoms with E-state index < -0.39 is 0 Å². The summed E-state index contributed by atoms with van der Waals surface area (Å²) in [7, 11) is 1.77. The molecule has 25 heavy (non-hydrogen) atoms. The van der Waals surface area contributed by atoms with Gasteiger partial charge in [-0.3, -0.25) is 4.90 Å². The number of nitrogens with zero attached hydrogens (tertiary/aromatic N) is 5. The number of fused-ring (bicyclic) bond motifs is 1. The highest BCUT2D eigenvalue weighted by Gasteiger charge is 2.20. The van der Waals surface area contributed by atoms with E-state index in [0.29, 0.717) is 0 Å². The van der Waals surface area contributed by atoms with Crippen LogP contribution in [0.1, 0.15) is 12.8 Å². The van der Waals surface area contributed by atoms with Gasteiger partial charge in [0.2, 0.25) is 0 Å². The molecule has 2 fully saturated rings. The van der Waals surface area contributed by atoms with E-state index in [0.717, 1.165) is 63.8 Å². The maximum atomic E-state index is 5.19. The summed E-state index contributed by atoms with van der Waals surface area (Å²) in [5, 5.41) is 1.18. The topological polar surface area (TPSA) is 44.7 Å². The van der Waals surface area contributed by atoms with Gasteiger partial charge >= 0.3 is 0 Å². The van der Waals surface area contributed by atoms with E-state index >= 15 is 0 Å². The molecule has 4 rings (SSSR count). The molecule has 6 heteroatoms. The SMILES string of the molecule is COCCN1CCN(c2ccc3ncnc(N4CCCC4)c3c2)CC1. The fourth-order valence-corrected chi connectivity index (χ4v) is 3.86. The summed E-state index contributed by atoms with van der Waals surface area (Å²) >= 11 is 0. The van der Waals surface area contributed by atoms with Gasteiger partial charge in [0, 0.05) is 64.0 Å². The lowest BCUT2D eigenvalue weighted by Gasteiger charge is -2.36. The van der Waals surface area contributed by atoms with Crippen molar-refractivity contribution in [1.29, 1.82) is 0 Å². The Morgan fingerprint density at radius 3 is 2.52 bits per heavy atom. The van der Waals surface area contributed by atoms with Crippen molar-refractivity contribution in [3.05, 3.63) is 24.5 Å². The number of rotatable bonds is 5. The summed E-state index contributed by atoms with van der Waals surface area (Å²) in [5.74, 6) is 1.10. The first-order chi connectivity index (χ1) is 12.3. The highest BCUT2D eigenvalue weighted by atomic mass is 16.5. The van der Waals surface area contributed by atoms with Crippen LogP contribution in [-0.4, -0.2) is 74.4 Å². The van der Waals surface area contributed by atoms with Crippen molar-refractivity contribution in [3.8, 4) is 0 Å². The van der Waals surface area contributed by atoms with E-state index in [4.69, 9.17) is 4.74 Å². The zero-order chi connectivity index (χ0) is 17.1. The molecule has 0 amide bonds. The normalized spacial score (nSPS) is 19.1. The summed E-state index contributed by atoms with van der Waals surface area (Å²) in [6.45, 7) is 8.34. The highest BCUT2D eigenvalue weighted by molar-refractivity contribution is 5.92. The van der Waals surface area contributed by atoms with Crippen LogP contribution in [0.2, 0.25) is 0 Å². The van der Waals surface area contributed by atoms with E-state index in [1.165, 1.54) is 23.9 Å². The Labute approximate surface area is 149 Å². The predicted molar refractivity (Wildman–Crippen MR) is 102 cm³/mol. The van der Waals surface area contributed by atoms with Crippen LogP contribution in [0.3, 0.4) is 0 Å². The molecule has 0 unspecified atom stereocenters. The van der Waals surface area contributed by atoms with E-state index in [2.05, 4.69) is 42.9 Å². The Hall–Kier alpha value is -1.92. The second-order valence-corrected chi connectivity index (χ2v) is 6.91. The number of hydrogen-bond donors (Lipinski definition) is 0. The number of piperazine rings is 1. The first kappa shape index (κ1) is 16.5. The van der Waals surface area contributed by atoms with Crippen molar-refractivity contribution >= 4 is 22.4 Å². The highest BCUT2D eigenvalue weighted by Crippen LogP contribution is 2.29. The first-order valence-electron chi connectivity index (χ1n) is 9.31. The van der Waals surface area contributed by atoms with Crippen LogP contribution in [-0.2, 0) is 4.74 Å². The second kappa shape index (κ2) is 7.54. The number of methoxy groups -OCH3 is 1. The van der Waals surface area contributed by atoms with Gasteiger partial charge in [0.15, 0.2) is 0 Å². The van der Waals surface area contributed by atoms with Crippen molar-refractivity contribution in [2.45, 2.75) is 12.8 Å². The van der Waals surface area contributed by atoms with E-state index in [1.807, 2.05) is 0 Å². The van der Waals surface area contributed by atoms with Crippen LogP contribution in [0.5, 0.6) is 0 Å². The molecule has 0 spiro atoms. The molecule has 6 nitrogen and oxygen atoms in total. The molecule has 2 aromatic rings. The fraction of sp³-hybridized carbons (Fsp3) is 0.579. The van der Waals surface area contributed by atoms with Crippen molar-refractivity contribution in [1.82, 2.24) is 14.9 Å². The van der Waals surface area contributed by atoms with Gasteiger partial charge in [0.1, 0.15) is 12.1 Å². The van der Waals surface area contributed by atoms with Crippen LogP contribution in [0, 0.1) is 0 Å². The van der Waals surface area contributed by atoms with Gasteiger partial charge < -0.3 is 14.5 Å². The van der Waals surface area contributed by atoms with Gasteiger partial charge in [-0.1, -0.05) is 0 Å². The molecule has 0 N–H and O–H groups in total. The summed E-state index contributed by atoms with van der Waals surface area (Å²) in [6.07, 6.45) is 4.22. The third-order valence-electron chi connectivity index (χ3n) is 5.35. The van der Waals surface area contributed by atoms with Crippen LogP contribution in [0.4, 0.5) is 11.5 Å². The monoisotopic (exact) mass is 341 g/mol. The van der Waals surface area contributed by atoms with Crippen molar-refractivity contribution in [3.63, 3.8) is 0 Å². The third-order valence-corrected chi connectivity index (χ3v) is 5.35. The van der Waals surface area contributed by atoms with Crippen molar-refractivity contribution < 1.29 is 4.74 Å². The molecule has 3 heterocycles. The zero-order valence-corrected chi connectivity index (χ0v) is 15.0. The van der Waals surface area contributed by atoms with Crippen LogP contribution in [0.15, 0.2) is 24.5 Å². The van der Waals surface area contributed by atoms with E-state index in [1.54, 1.807) is 13.4 Å². The van der Waals surface area contributed by atoms with Gasteiger partial charge in [0.05, 0.1) is 12.1 Å². The lowest BCUT2D eigenvalue weighted by atomic mass is 10.1. The number of anilines is 2. The molecule has 2 saturated heterocycles. The molecule has 0 atom stereocenters. The number of aromatic nitrogens is 2. The Morgan fingerprint density at radius 2 is 1.76 bits per heavy atom. The maximum Gasteiger partial charge on any atom is 0.139 e. The molecule has 0 saturated carbocycles. The molecule has 134 valence electrons. The third kappa shape index (κ3) is 3.55. The Morgan fingerprint density at radius 1 is 0.960 bits per heavy atom. The molecule has 2 aliphatic rings. The van der Waals surface area contributed by atoms with Gasteiger partial charge in [-0.05, 0) is 31.0 Å². The smallest absolute Gasteiger partial charge is 0.139 e. The molecule has 2 aliphatic heterocycles. The molecular weight excluding hydrogens is 314 g/mol. The minimum absolute atomic E-state index is 0.812. The molecule has 1 aromatic carbocycles. The minimum atomic E-state index is 0.812. The quantitative estimate of drug-likeness (QED) is 0.829. The van der Waals surface area contributed by atoms with Crippen LogP contribution in [0.25, 0.3) is 10.9 Å². The zero-order valence-electron chi connectivity index (χ0n) is 15.0. The minimum Gasteiger partial charge on any atom is -0.383 e. The lowest BCUT2D eigenvalue weighted by molar-refractivity contribution is 0.144. The van der Waals surface area contributed by atoms with E-state index in [-0.39, 0.29) is 0 Å². The predicted octanol–water partition coefficient (Wildman–Crippen LogP) is 2.00. The largest absolute Gasteiger partial charge is 0.383 e. The van der Waals surface area contributed by atoms with Gasteiger partial charge in [-0.2, -0.15) is 0 Å². The van der Waals surface area contributed by atoms with Crippen LogP contribution < -0.4 is 9.80 Å². The summed E-state index contributed by atoms with van der Waals surface area (Å²) in [4.78, 5) is 16.4. The average Bonchev–Trinajstić information content (AvgIpc) is 3.20. The van der Waals surface area contributed by atoms with Crippen LogP contribution >= 0.6 is 0 Å². The summed E-state index contributed by atoms with van der Waals surface area (Å²) < 4.78 is 5.19. The van der Waals surface area contributed by atoms with Gasteiger partial charge in [-0.15, -0.1) is 0 Å². The average molecular weight is 341 g/mol. The summed E-state index contributed by atoms with van der Waals surface area (Å²) in [6, 6.07) is 6.63. The molecule has 0 aliphatic carbocycles. The molecule has 0 radical (unpaired) electrons. The molecule has 0 bridgehead atoms. The number of benzene rings is 1. The number of ether oxygens (including phenoxy) is 1. The van der Waals surface area contributed by atoms with Gasteiger partial charge in [-0.25, -0.2) is 9.97 Å². The van der Waals surface area contributed by atoms with E-state index in [9.17, 15) is 0 Å². The maximum absolute atomic E-state index is 5.19. The Balaban J connectivity index is 1.54. The Bertz CT molecular complexity index is 708.